The Balaban J connectivity index is 1.16. The number of carbonyl (C=O) groups is 2. The summed E-state index contributed by atoms with van der Waals surface area (Å²) in [6, 6.07) is 8.48. The zero-order valence-corrected chi connectivity index (χ0v) is 20.3. The number of hydrogen-bond donors (Lipinski definition) is 1. The van der Waals surface area contributed by atoms with Gasteiger partial charge in [-0.15, -0.1) is 11.3 Å². The molecule has 178 valence electrons. The zero-order valence-electron chi connectivity index (χ0n) is 19.5. The molecule has 2 aliphatic rings. The van der Waals surface area contributed by atoms with Gasteiger partial charge in [-0.05, 0) is 38.1 Å². The van der Waals surface area contributed by atoms with Crippen LogP contribution in [0, 0.1) is 6.92 Å². The Kier molecular flexibility index (Phi) is 7.95. The second kappa shape index (κ2) is 11.1. The number of amides is 2. The first-order valence-corrected chi connectivity index (χ1v) is 12.5. The molecule has 1 atom stereocenters. The Hall–Kier alpha value is -2.49. The van der Waals surface area contributed by atoms with E-state index in [4.69, 9.17) is 4.74 Å². The van der Waals surface area contributed by atoms with Crippen LogP contribution in [0.1, 0.15) is 33.9 Å². The van der Waals surface area contributed by atoms with E-state index in [2.05, 4.69) is 39.3 Å². The van der Waals surface area contributed by atoms with Crippen LogP contribution in [0.3, 0.4) is 0 Å². The molecule has 2 fully saturated rings. The predicted octanol–water partition coefficient (Wildman–Crippen LogP) is 2.00. The van der Waals surface area contributed by atoms with E-state index >= 15 is 0 Å². The lowest BCUT2D eigenvalue weighted by Gasteiger charge is -2.34. The monoisotopic (exact) mass is 471 g/mol. The third-order valence-electron chi connectivity index (χ3n) is 6.14. The average molecular weight is 472 g/mol. The molecule has 1 aromatic carbocycles. The maximum Gasteiger partial charge on any atom is 0.273 e. The molecule has 0 spiro atoms. The SMILES string of the molecule is Cc1nc(C(=O)N2CCN(CCOc3cccc(CN(C)CC4CCC(=O)N4)c3)CC2)cs1. The quantitative estimate of drug-likeness (QED) is 0.603. The van der Waals surface area contributed by atoms with Crippen LogP contribution in [0.25, 0.3) is 0 Å². The third-order valence-corrected chi connectivity index (χ3v) is 6.92. The summed E-state index contributed by atoms with van der Waals surface area (Å²) in [4.78, 5) is 34.7. The van der Waals surface area contributed by atoms with Crippen molar-refractivity contribution < 1.29 is 14.3 Å². The molecule has 8 nitrogen and oxygen atoms in total. The van der Waals surface area contributed by atoms with Gasteiger partial charge in [0.1, 0.15) is 18.1 Å². The summed E-state index contributed by atoms with van der Waals surface area (Å²) < 4.78 is 6.02. The minimum Gasteiger partial charge on any atom is -0.492 e. The number of nitrogens with one attached hydrogen (secondary N) is 1. The molecule has 1 aromatic heterocycles. The van der Waals surface area contributed by atoms with Gasteiger partial charge in [-0.1, -0.05) is 12.1 Å². The van der Waals surface area contributed by atoms with Gasteiger partial charge in [0.2, 0.25) is 5.91 Å². The van der Waals surface area contributed by atoms with E-state index in [0.717, 1.165) is 63.0 Å². The van der Waals surface area contributed by atoms with Crippen molar-refractivity contribution in [1.29, 1.82) is 0 Å². The van der Waals surface area contributed by atoms with Crippen molar-refractivity contribution in [3.05, 3.63) is 45.9 Å². The van der Waals surface area contributed by atoms with Crippen LogP contribution in [0.15, 0.2) is 29.6 Å². The van der Waals surface area contributed by atoms with Crippen LogP contribution in [0.5, 0.6) is 5.75 Å². The maximum absolute atomic E-state index is 12.5. The van der Waals surface area contributed by atoms with Crippen molar-refractivity contribution in [2.45, 2.75) is 32.4 Å². The van der Waals surface area contributed by atoms with Crippen molar-refractivity contribution >= 4 is 23.2 Å². The van der Waals surface area contributed by atoms with Crippen LogP contribution in [-0.4, -0.2) is 90.5 Å². The number of nitrogens with zero attached hydrogens (tertiary/aromatic N) is 4. The highest BCUT2D eigenvalue weighted by atomic mass is 32.1. The van der Waals surface area contributed by atoms with Gasteiger partial charge in [-0.3, -0.25) is 14.5 Å². The molecule has 0 saturated carbocycles. The van der Waals surface area contributed by atoms with E-state index in [-0.39, 0.29) is 17.9 Å². The Morgan fingerprint density at radius 1 is 1.30 bits per heavy atom. The smallest absolute Gasteiger partial charge is 0.273 e. The lowest BCUT2D eigenvalue weighted by Crippen LogP contribution is -2.49. The van der Waals surface area contributed by atoms with Crippen molar-refractivity contribution in [2.75, 3.05) is 52.9 Å². The summed E-state index contributed by atoms with van der Waals surface area (Å²) in [6.45, 7) is 8.19. The molecule has 0 radical (unpaired) electrons. The standard InChI is InChI=1S/C24H33N5O3S/c1-18-25-22(17-33-18)24(31)29-10-8-28(9-11-29)12-13-32-21-5-3-4-19(14-21)15-27(2)16-20-6-7-23(30)26-20/h3-5,14,17,20H,6-13,15-16H2,1-2H3,(H,26,30). The Morgan fingerprint density at radius 3 is 2.82 bits per heavy atom. The number of rotatable bonds is 9. The fraction of sp³-hybridized carbons (Fsp3) is 0.542. The highest BCUT2D eigenvalue weighted by Gasteiger charge is 2.24. The van der Waals surface area contributed by atoms with Crippen molar-refractivity contribution in [3.63, 3.8) is 0 Å². The number of aryl methyl sites for hydroxylation is 1. The molecule has 2 aliphatic heterocycles. The van der Waals surface area contributed by atoms with Crippen molar-refractivity contribution in [1.82, 2.24) is 25.0 Å². The number of piperazine rings is 1. The van der Waals surface area contributed by atoms with Crippen LogP contribution >= 0.6 is 11.3 Å². The lowest BCUT2D eigenvalue weighted by atomic mass is 10.1. The lowest BCUT2D eigenvalue weighted by molar-refractivity contribution is -0.119. The Labute approximate surface area is 199 Å². The number of aromatic nitrogens is 1. The molecule has 2 amide bonds. The number of carbonyl (C=O) groups excluding carboxylic acids is 2. The van der Waals surface area contributed by atoms with Crippen LogP contribution in [-0.2, 0) is 11.3 Å². The molecule has 1 unspecified atom stereocenters. The number of thiazole rings is 1. The minimum atomic E-state index is 0.0346. The van der Waals surface area contributed by atoms with Crippen LogP contribution in [0.4, 0.5) is 0 Å². The fourth-order valence-corrected chi connectivity index (χ4v) is 4.98. The van der Waals surface area contributed by atoms with Crippen molar-refractivity contribution in [2.24, 2.45) is 0 Å². The molecule has 3 heterocycles. The van der Waals surface area contributed by atoms with E-state index < -0.39 is 0 Å². The maximum atomic E-state index is 12.5. The average Bonchev–Trinajstić information content (AvgIpc) is 3.41. The fourth-order valence-electron chi connectivity index (χ4n) is 4.39. The first-order chi connectivity index (χ1) is 16.0. The van der Waals surface area contributed by atoms with Gasteiger partial charge >= 0.3 is 0 Å². The summed E-state index contributed by atoms with van der Waals surface area (Å²) in [6.07, 6.45) is 1.55. The number of benzene rings is 1. The minimum absolute atomic E-state index is 0.0346. The molecule has 2 aromatic rings. The van der Waals surface area contributed by atoms with E-state index in [1.807, 2.05) is 29.3 Å². The first-order valence-electron chi connectivity index (χ1n) is 11.6. The second-order valence-electron chi connectivity index (χ2n) is 8.88. The predicted molar refractivity (Wildman–Crippen MR) is 129 cm³/mol. The molecule has 4 rings (SSSR count). The third kappa shape index (κ3) is 6.75. The molecule has 33 heavy (non-hydrogen) atoms. The number of ether oxygens (including phenoxy) is 1. The van der Waals surface area contributed by atoms with Crippen molar-refractivity contribution in [3.8, 4) is 5.75 Å². The van der Waals surface area contributed by atoms with Gasteiger partial charge in [0.15, 0.2) is 0 Å². The molecule has 0 bridgehead atoms. The normalized spacial score (nSPS) is 19.2. The van der Waals surface area contributed by atoms with E-state index in [1.54, 1.807) is 0 Å². The molecule has 0 aliphatic carbocycles. The van der Waals surface area contributed by atoms with Gasteiger partial charge in [0.05, 0.1) is 5.01 Å². The molecule has 9 heteroatoms. The van der Waals surface area contributed by atoms with E-state index in [9.17, 15) is 9.59 Å². The Bertz CT molecular complexity index is 957. The van der Waals surface area contributed by atoms with Gasteiger partial charge in [0, 0.05) is 63.7 Å². The summed E-state index contributed by atoms with van der Waals surface area (Å²) in [7, 11) is 2.08. The topological polar surface area (TPSA) is 78.0 Å². The second-order valence-corrected chi connectivity index (χ2v) is 9.94. The highest BCUT2D eigenvalue weighted by Crippen LogP contribution is 2.17. The summed E-state index contributed by atoms with van der Waals surface area (Å²) in [5.74, 6) is 1.07. The molecular weight excluding hydrogens is 438 g/mol. The molecule has 1 N–H and O–H groups in total. The summed E-state index contributed by atoms with van der Waals surface area (Å²) in [5.41, 5.74) is 1.76. The number of likely N-dealkylation sites (N-methyl/N-ethyl adjacent to an activating group) is 1. The van der Waals surface area contributed by atoms with Gasteiger partial charge in [-0.25, -0.2) is 4.98 Å². The summed E-state index contributed by atoms with van der Waals surface area (Å²) >= 11 is 1.51. The van der Waals surface area contributed by atoms with E-state index in [1.165, 1.54) is 16.9 Å². The van der Waals surface area contributed by atoms with Crippen LogP contribution < -0.4 is 10.1 Å². The molecular formula is C24H33N5O3S. The Morgan fingerprint density at radius 2 is 2.12 bits per heavy atom. The zero-order chi connectivity index (χ0) is 23.2. The number of hydrogen-bond acceptors (Lipinski definition) is 7. The first kappa shape index (κ1) is 23.7. The van der Waals surface area contributed by atoms with E-state index in [0.29, 0.717) is 18.7 Å². The van der Waals surface area contributed by atoms with Crippen LogP contribution in [0.2, 0.25) is 0 Å². The van der Waals surface area contributed by atoms with Gasteiger partial charge in [-0.2, -0.15) is 0 Å². The summed E-state index contributed by atoms with van der Waals surface area (Å²) in [5, 5.41) is 5.79. The van der Waals surface area contributed by atoms with Gasteiger partial charge in [0.25, 0.3) is 5.91 Å². The van der Waals surface area contributed by atoms with Gasteiger partial charge < -0.3 is 19.9 Å². The molecule has 2 saturated heterocycles. The highest BCUT2D eigenvalue weighted by molar-refractivity contribution is 7.09. The largest absolute Gasteiger partial charge is 0.492 e.